The molecule has 1 aromatic heterocycles. The third-order valence-electron chi connectivity index (χ3n) is 3.82. The van der Waals surface area contributed by atoms with Crippen molar-refractivity contribution >= 4 is 5.91 Å². The molecule has 1 aliphatic heterocycles. The molecule has 1 amide bonds. The maximum atomic E-state index is 12.7. The van der Waals surface area contributed by atoms with Gasteiger partial charge in [-0.05, 0) is 33.1 Å². The lowest BCUT2D eigenvalue weighted by molar-refractivity contribution is -0.143. The van der Waals surface area contributed by atoms with E-state index in [1.54, 1.807) is 4.90 Å². The number of piperidine rings is 1. The van der Waals surface area contributed by atoms with E-state index in [1.807, 2.05) is 13.8 Å². The van der Waals surface area contributed by atoms with Gasteiger partial charge in [0, 0.05) is 25.2 Å². The Hall–Kier alpha value is -1.53. The molecule has 0 N–H and O–H groups in total. The van der Waals surface area contributed by atoms with E-state index in [0.717, 1.165) is 25.3 Å². The van der Waals surface area contributed by atoms with Crippen LogP contribution in [0.1, 0.15) is 49.3 Å². The number of carbonyl (C=O) groups excluding carboxylic acids is 1. The number of rotatable bonds is 1. The number of hydrogen-bond donors (Lipinski definition) is 0. The molecule has 0 aromatic carbocycles. The lowest BCUT2D eigenvalue weighted by Gasteiger charge is -2.38. The molecule has 0 aliphatic carbocycles. The topological polar surface area (TPSA) is 38.1 Å². The molecule has 1 aliphatic rings. The first kappa shape index (κ1) is 14.9. The zero-order valence-corrected chi connectivity index (χ0v) is 11.7. The Kier molecular flexibility index (Phi) is 3.80. The van der Waals surface area contributed by atoms with Gasteiger partial charge in [-0.25, -0.2) is 0 Å². The van der Waals surface area contributed by atoms with Gasteiger partial charge in [0.25, 0.3) is 5.91 Å². The normalized spacial score (nSPS) is 24.0. The summed E-state index contributed by atoms with van der Waals surface area (Å²) in [6.45, 7) is 3.84. The lowest BCUT2D eigenvalue weighted by atomic mass is 9.97. The molecule has 7 heteroatoms. The number of carbonyl (C=O) groups is 1. The van der Waals surface area contributed by atoms with E-state index in [-0.39, 0.29) is 17.8 Å². The molecule has 0 spiro atoms. The van der Waals surface area contributed by atoms with E-state index < -0.39 is 17.8 Å². The zero-order chi connectivity index (χ0) is 15.1. The Morgan fingerprint density at radius 3 is 2.30 bits per heavy atom. The van der Waals surface area contributed by atoms with Gasteiger partial charge in [0.1, 0.15) is 5.69 Å². The standard InChI is InChI=1S/C13H18F3N3O/c1-8-5-4-6-9(2)19(8)12(20)10-7-11(13(14,15)16)18(3)17-10/h7-9H,4-6H2,1-3H3/t8-,9-/m1/s1. The number of amides is 1. The van der Waals surface area contributed by atoms with Crippen LogP contribution >= 0.6 is 0 Å². The molecule has 112 valence electrons. The minimum absolute atomic E-state index is 0.0302. The van der Waals surface area contributed by atoms with E-state index in [0.29, 0.717) is 4.68 Å². The van der Waals surface area contributed by atoms with Crippen LogP contribution in [0.15, 0.2) is 6.07 Å². The summed E-state index contributed by atoms with van der Waals surface area (Å²) in [7, 11) is 1.20. The van der Waals surface area contributed by atoms with Crippen molar-refractivity contribution < 1.29 is 18.0 Å². The number of aromatic nitrogens is 2. The summed E-state index contributed by atoms with van der Waals surface area (Å²) in [6.07, 6.45) is -1.73. The van der Waals surface area contributed by atoms with E-state index in [2.05, 4.69) is 5.10 Å². The summed E-state index contributed by atoms with van der Waals surface area (Å²) in [5.74, 6) is -0.421. The fourth-order valence-electron chi connectivity index (χ4n) is 2.79. The summed E-state index contributed by atoms with van der Waals surface area (Å²) < 4.78 is 38.9. The van der Waals surface area contributed by atoms with Crippen LogP contribution in [0.25, 0.3) is 0 Å². The smallest absolute Gasteiger partial charge is 0.332 e. The number of aryl methyl sites for hydroxylation is 1. The SMILES string of the molecule is C[C@@H]1CCC[C@@H](C)N1C(=O)c1cc(C(F)(F)F)n(C)n1. The lowest BCUT2D eigenvalue weighted by Crippen LogP contribution is -2.47. The molecule has 0 radical (unpaired) electrons. The molecule has 1 aromatic rings. The summed E-state index contributed by atoms with van der Waals surface area (Å²) in [4.78, 5) is 14.0. The van der Waals surface area contributed by atoms with Crippen LogP contribution in [0.4, 0.5) is 13.2 Å². The van der Waals surface area contributed by atoms with Crippen molar-refractivity contribution in [2.75, 3.05) is 0 Å². The van der Waals surface area contributed by atoms with Gasteiger partial charge in [0.05, 0.1) is 0 Å². The van der Waals surface area contributed by atoms with Crippen LogP contribution in [0.5, 0.6) is 0 Å². The summed E-state index contributed by atoms with van der Waals surface area (Å²) in [6, 6.07) is 0.890. The Morgan fingerprint density at radius 1 is 1.30 bits per heavy atom. The van der Waals surface area contributed by atoms with Crippen LogP contribution in [-0.2, 0) is 13.2 Å². The third kappa shape index (κ3) is 2.66. The maximum absolute atomic E-state index is 12.7. The highest BCUT2D eigenvalue weighted by Crippen LogP contribution is 2.30. The van der Waals surface area contributed by atoms with Gasteiger partial charge in [-0.15, -0.1) is 0 Å². The molecule has 0 saturated carbocycles. The highest BCUT2D eigenvalue weighted by atomic mass is 19.4. The molecular weight excluding hydrogens is 271 g/mol. The fraction of sp³-hybridized carbons (Fsp3) is 0.692. The van der Waals surface area contributed by atoms with Crippen molar-refractivity contribution in [2.24, 2.45) is 7.05 Å². The van der Waals surface area contributed by atoms with Crippen LogP contribution in [-0.4, -0.2) is 32.7 Å². The maximum Gasteiger partial charge on any atom is 0.433 e. The summed E-state index contributed by atoms with van der Waals surface area (Å²) in [5.41, 5.74) is -1.04. The van der Waals surface area contributed by atoms with Crippen LogP contribution in [0, 0.1) is 0 Å². The second-order valence-electron chi connectivity index (χ2n) is 5.38. The number of nitrogens with zero attached hydrogens (tertiary/aromatic N) is 3. The largest absolute Gasteiger partial charge is 0.433 e. The van der Waals surface area contributed by atoms with Crippen LogP contribution in [0.3, 0.4) is 0 Å². The molecule has 0 bridgehead atoms. The van der Waals surface area contributed by atoms with Crippen molar-refractivity contribution in [2.45, 2.75) is 51.4 Å². The molecule has 1 fully saturated rings. The zero-order valence-electron chi connectivity index (χ0n) is 11.7. The Balaban J connectivity index is 2.29. The summed E-state index contributed by atoms with van der Waals surface area (Å²) >= 11 is 0. The second-order valence-corrected chi connectivity index (χ2v) is 5.38. The van der Waals surface area contributed by atoms with Gasteiger partial charge in [-0.1, -0.05) is 0 Å². The Morgan fingerprint density at radius 2 is 1.85 bits per heavy atom. The van der Waals surface area contributed by atoms with Crippen LogP contribution in [0.2, 0.25) is 0 Å². The fourth-order valence-corrected chi connectivity index (χ4v) is 2.79. The molecular formula is C13H18F3N3O. The monoisotopic (exact) mass is 289 g/mol. The molecule has 2 rings (SSSR count). The van der Waals surface area contributed by atoms with E-state index in [4.69, 9.17) is 0 Å². The minimum Gasteiger partial charge on any atom is -0.332 e. The van der Waals surface area contributed by atoms with Crippen molar-refractivity contribution in [3.8, 4) is 0 Å². The molecule has 2 heterocycles. The van der Waals surface area contributed by atoms with Crippen molar-refractivity contribution in [1.82, 2.24) is 14.7 Å². The number of likely N-dealkylation sites (tertiary alicyclic amines) is 1. The van der Waals surface area contributed by atoms with Crippen LogP contribution < -0.4 is 0 Å². The van der Waals surface area contributed by atoms with Gasteiger partial charge < -0.3 is 4.90 Å². The molecule has 2 atom stereocenters. The van der Waals surface area contributed by atoms with E-state index in [9.17, 15) is 18.0 Å². The molecule has 20 heavy (non-hydrogen) atoms. The highest BCUT2D eigenvalue weighted by Gasteiger charge is 2.37. The average molecular weight is 289 g/mol. The van der Waals surface area contributed by atoms with Crippen molar-refractivity contribution in [3.63, 3.8) is 0 Å². The predicted molar refractivity (Wildman–Crippen MR) is 67.2 cm³/mol. The van der Waals surface area contributed by atoms with Gasteiger partial charge in [0.2, 0.25) is 0 Å². The molecule has 4 nitrogen and oxygen atoms in total. The first-order valence-corrected chi connectivity index (χ1v) is 6.65. The van der Waals surface area contributed by atoms with Crippen molar-refractivity contribution in [3.05, 3.63) is 17.5 Å². The summed E-state index contributed by atoms with van der Waals surface area (Å²) in [5, 5.41) is 3.73. The van der Waals surface area contributed by atoms with E-state index >= 15 is 0 Å². The van der Waals surface area contributed by atoms with Crippen molar-refractivity contribution in [1.29, 1.82) is 0 Å². The van der Waals surface area contributed by atoms with Gasteiger partial charge in [-0.2, -0.15) is 18.3 Å². The predicted octanol–water partition coefficient (Wildman–Crippen LogP) is 2.84. The second kappa shape index (κ2) is 5.10. The number of halogens is 3. The third-order valence-corrected chi connectivity index (χ3v) is 3.82. The van der Waals surface area contributed by atoms with E-state index in [1.165, 1.54) is 7.05 Å². The molecule has 1 saturated heterocycles. The van der Waals surface area contributed by atoms with Gasteiger partial charge in [0.15, 0.2) is 5.69 Å². The average Bonchev–Trinajstić information content (AvgIpc) is 2.70. The van der Waals surface area contributed by atoms with Gasteiger partial charge >= 0.3 is 6.18 Å². The first-order valence-electron chi connectivity index (χ1n) is 6.65. The van der Waals surface area contributed by atoms with Gasteiger partial charge in [-0.3, -0.25) is 9.48 Å². The minimum atomic E-state index is -4.50. The Bertz CT molecular complexity index is 499. The Labute approximate surface area is 115 Å². The highest BCUT2D eigenvalue weighted by molar-refractivity contribution is 5.93. The first-order chi connectivity index (χ1) is 9.21. The molecule has 0 unspecified atom stereocenters. The quantitative estimate of drug-likeness (QED) is 0.797. The number of hydrogen-bond acceptors (Lipinski definition) is 2. The number of alkyl halides is 3.